The van der Waals surface area contributed by atoms with Crippen LogP contribution in [0.4, 0.5) is 0 Å². The monoisotopic (exact) mass is 221 g/mol. The molecule has 1 aromatic heterocycles. The van der Waals surface area contributed by atoms with Gasteiger partial charge in [-0.25, -0.2) is 4.98 Å². The lowest BCUT2D eigenvalue weighted by molar-refractivity contribution is -0.136. The topological polar surface area (TPSA) is 49.0 Å². The molecule has 0 bridgehead atoms. The van der Waals surface area contributed by atoms with Gasteiger partial charge >= 0.3 is 0 Å². The zero-order valence-corrected chi connectivity index (χ0v) is 9.94. The third-order valence-electron chi connectivity index (χ3n) is 3.38. The number of aromatic amines is 1. The largest absolute Gasteiger partial charge is 0.348 e. The summed E-state index contributed by atoms with van der Waals surface area (Å²) in [6.45, 7) is 4.28. The van der Waals surface area contributed by atoms with Crippen LogP contribution in [0.25, 0.3) is 0 Å². The van der Waals surface area contributed by atoms with Crippen molar-refractivity contribution in [1.82, 2.24) is 14.9 Å². The Labute approximate surface area is 96.1 Å². The predicted molar refractivity (Wildman–Crippen MR) is 61.9 cm³/mol. The van der Waals surface area contributed by atoms with Gasteiger partial charge < -0.3 is 9.88 Å². The van der Waals surface area contributed by atoms with Gasteiger partial charge in [0.25, 0.3) is 0 Å². The molecule has 2 rings (SSSR count). The molecule has 1 aliphatic rings. The van der Waals surface area contributed by atoms with E-state index in [1.807, 2.05) is 4.90 Å². The minimum Gasteiger partial charge on any atom is -0.348 e. The molecular formula is C12H19N3O. The summed E-state index contributed by atoms with van der Waals surface area (Å²) in [6, 6.07) is 0.748. The maximum atomic E-state index is 12.2. The van der Waals surface area contributed by atoms with Crippen molar-refractivity contribution in [3.05, 3.63) is 18.2 Å². The molecule has 1 N–H and O–H groups in total. The fraction of sp³-hybridized carbons (Fsp3) is 0.667. The van der Waals surface area contributed by atoms with Gasteiger partial charge in [0.15, 0.2) is 0 Å². The Bertz CT molecular complexity index is 337. The quantitative estimate of drug-likeness (QED) is 0.827. The smallest absolute Gasteiger partial charge is 0.229 e. The number of nitrogens with zero attached hydrogens (tertiary/aromatic N) is 2. The fourth-order valence-electron chi connectivity index (χ4n) is 2.55. The van der Waals surface area contributed by atoms with E-state index in [-0.39, 0.29) is 5.91 Å². The van der Waals surface area contributed by atoms with E-state index in [1.165, 1.54) is 6.42 Å². The lowest BCUT2D eigenvalue weighted by Crippen LogP contribution is -2.48. The highest BCUT2D eigenvalue weighted by molar-refractivity contribution is 5.79. The van der Waals surface area contributed by atoms with E-state index in [0.29, 0.717) is 18.5 Å². The van der Waals surface area contributed by atoms with Crippen molar-refractivity contribution in [3.8, 4) is 0 Å². The first kappa shape index (κ1) is 11.2. The molecule has 4 heteroatoms. The molecule has 2 unspecified atom stereocenters. The Morgan fingerprint density at radius 3 is 2.75 bits per heavy atom. The minimum absolute atomic E-state index is 0.212. The van der Waals surface area contributed by atoms with Crippen LogP contribution in [-0.4, -0.2) is 32.9 Å². The third kappa shape index (κ3) is 2.26. The van der Waals surface area contributed by atoms with Crippen LogP contribution in [0.15, 0.2) is 12.5 Å². The maximum Gasteiger partial charge on any atom is 0.229 e. The zero-order valence-electron chi connectivity index (χ0n) is 9.94. The van der Waals surface area contributed by atoms with Crippen molar-refractivity contribution < 1.29 is 4.79 Å². The normalized spacial score (nSPS) is 25.8. The molecule has 0 spiro atoms. The molecular weight excluding hydrogens is 202 g/mol. The van der Waals surface area contributed by atoms with Crippen molar-refractivity contribution in [2.45, 2.75) is 51.6 Å². The molecule has 1 saturated heterocycles. The third-order valence-corrected chi connectivity index (χ3v) is 3.38. The Hall–Kier alpha value is -1.32. The van der Waals surface area contributed by atoms with Gasteiger partial charge in [0, 0.05) is 24.0 Å². The van der Waals surface area contributed by atoms with Gasteiger partial charge in [-0.1, -0.05) is 0 Å². The molecule has 4 nitrogen and oxygen atoms in total. The van der Waals surface area contributed by atoms with Crippen LogP contribution in [0, 0.1) is 0 Å². The Morgan fingerprint density at radius 2 is 2.19 bits per heavy atom. The van der Waals surface area contributed by atoms with Gasteiger partial charge in [0.2, 0.25) is 5.91 Å². The summed E-state index contributed by atoms with van der Waals surface area (Å²) < 4.78 is 0. The summed E-state index contributed by atoms with van der Waals surface area (Å²) in [6.07, 6.45) is 7.26. The molecule has 0 aromatic carbocycles. The highest BCUT2D eigenvalue weighted by Crippen LogP contribution is 2.23. The van der Waals surface area contributed by atoms with E-state index >= 15 is 0 Å². The summed E-state index contributed by atoms with van der Waals surface area (Å²) >= 11 is 0. The number of rotatable bonds is 2. The molecule has 1 fully saturated rings. The summed E-state index contributed by atoms with van der Waals surface area (Å²) in [5.74, 6) is 0.212. The summed E-state index contributed by atoms with van der Waals surface area (Å²) in [5, 5.41) is 0. The SMILES string of the molecule is CC1CCCC(C)N1C(=O)Cc1cnc[nH]1. The number of hydrogen-bond acceptors (Lipinski definition) is 2. The predicted octanol–water partition coefficient (Wildman–Crippen LogP) is 1.74. The van der Waals surface area contributed by atoms with E-state index in [9.17, 15) is 4.79 Å². The van der Waals surface area contributed by atoms with Crippen molar-refractivity contribution in [3.63, 3.8) is 0 Å². The summed E-state index contributed by atoms with van der Waals surface area (Å²) in [4.78, 5) is 21.1. The van der Waals surface area contributed by atoms with Crippen molar-refractivity contribution in [2.24, 2.45) is 0 Å². The van der Waals surface area contributed by atoms with Crippen LogP contribution in [0.3, 0.4) is 0 Å². The molecule has 0 saturated carbocycles. The van der Waals surface area contributed by atoms with Gasteiger partial charge in [-0.05, 0) is 33.1 Å². The van der Waals surface area contributed by atoms with Gasteiger partial charge in [-0.2, -0.15) is 0 Å². The number of carbonyl (C=O) groups is 1. The average molecular weight is 221 g/mol. The first-order chi connectivity index (χ1) is 7.68. The molecule has 1 aromatic rings. The molecule has 1 aliphatic heterocycles. The Balaban J connectivity index is 2.02. The van der Waals surface area contributed by atoms with Gasteiger partial charge in [-0.15, -0.1) is 0 Å². The number of hydrogen-bond donors (Lipinski definition) is 1. The van der Waals surface area contributed by atoms with E-state index < -0.39 is 0 Å². The van der Waals surface area contributed by atoms with Gasteiger partial charge in [0.05, 0.1) is 12.7 Å². The van der Waals surface area contributed by atoms with E-state index in [1.54, 1.807) is 12.5 Å². The molecule has 0 radical (unpaired) electrons. The first-order valence-electron chi connectivity index (χ1n) is 5.97. The van der Waals surface area contributed by atoms with Crippen molar-refractivity contribution in [1.29, 1.82) is 0 Å². The standard InChI is InChI=1S/C12H19N3O/c1-9-4-3-5-10(2)15(9)12(16)6-11-7-13-8-14-11/h7-10H,3-6H2,1-2H3,(H,13,14). The molecule has 16 heavy (non-hydrogen) atoms. The second-order valence-corrected chi connectivity index (χ2v) is 4.68. The minimum atomic E-state index is 0.212. The lowest BCUT2D eigenvalue weighted by Gasteiger charge is -2.39. The van der Waals surface area contributed by atoms with Crippen LogP contribution in [-0.2, 0) is 11.2 Å². The number of piperidine rings is 1. The number of likely N-dealkylation sites (tertiary alicyclic amines) is 1. The highest BCUT2D eigenvalue weighted by Gasteiger charge is 2.28. The summed E-state index contributed by atoms with van der Waals surface area (Å²) in [5.41, 5.74) is 0.898. The van der Waals surface area contributed by atoms with Crippen molar-refractivity contribution in [2.75, 3.05) is 0 Å². The van der Waals surface area contributed by atoms with Crippen LogP contribution in [0.5, 0.6) is 0 Å². The van der Waals surface area contributed by atoms with Crippen LogP contribution in [0.2, 0.25) is 0 Å². The van der Waals surface area contributed by atoms with Crippen molar-refractivity contribution >= 4 is 5.91 Å². The molecule has 88 valence electrons. The Kier molecular flexibility index (Phi) is 3.27. The molecule has 2 atom stereocenters. The number of nitrogens with one attached hydrogen (secondary N) is 1. The number of amides is 1. The van der Waals surface area contributed by atoms with Gasteiger partial charge in [-0.3, -0.25) is 4.79 Å². The van der Waals surface area contributed by atoms with Crippen LogP contribution >= 0.6 is 0 Å². The number of imidazole rings is 1. The fourth-order valence-corrected chi connectivity index (χ4v) is 2.55. The molecule has 0 aliphatic carbocycles. The van der Waals surface area contributed by atoms with E-state index in [4.69, 9.17) is 0 Å². The molecule has 1 amide bonds. The number of aromatic nitrogens is 2. The zero-order chi connectivity index (χ0) is 11.5. The van der Waals surface area contributed by atoms with Crippen LogP contribution in [0.1, 0.15) is 38.8 Å². The summed E-state index contributed by atoms with van der Waals surface area (Å²) in [7, 11) is 0. The van der Waals surface area contributed by atoms with E-state index in [2.05, 4.69) is 23.8 Å². The first-order valence-corrected chi connectivity index (χ1v) is 5.97. The number of carbonyl (C=O) groups excluding carboxylic acids is 1. The van der Waals surface area contributed by atoms with Crippen LogP contribution < -0.4 is 0 Å². The second-order valence-electron chi connectivity index (χ2n) is 4.68. The maximum absolute atomic E-state index is 12.2. The Morgan fingerprint density at radius 1 is 1.50 bits per heavy atom. The van der Waals surface area contributed by atoms with E-state index in [0.717, 1.165) is 18.5 Å². The number of H-pyrrole nitrogens is 1. The second kappa shape index (κ2) is 4.68. The average Bonchev–Trinajstić information content (AvgIpc) is 2.70. The van der Waals surface area contributed by atoms with Gasteiger partial charge in [0.1, 0.15) is 0 Å². The molecule has 2 heterocycles. The highest BCUT2D eigenvalue weighted by atomic mass is 16.2. The lowest BCUT2D eigenvalue weighted by atomic mass is 9.97.